The van der Waals surface area contributed by atoms with Gasteiger partial charge in [-0.2, -0.15) is 0 Å². The standard InChI is InChI=1S/C13H18N4O2.Li/c18-13(19)11-7-15-12(8-14-11)17-6-3-10(9-17)16-4-1-2-5-16;/h7-8,10H,1-6,9H2,(H,18,19);/q;+1/p-1/t10-;/m0./s1. The van der Waals surface area contributed by atoms with Crippen LogP contribution in [0.3, 0.4) is 0 Å². The Labute approximate surface area is 130 Å². The molecule has 0 bridgehead atoms. The van der Waals surface area contributed by atoms with E-state index in [1.165, 1.54) is 38.3 Å². The number of rotatable bonds is 3. The van der Waals surface area contributed by atoms with Crippen LogP contribution in [0, 0.1) is 0 Å². The third-order valence-electron chi connectivity index (χ3n) is 3.99. The summed E-state index contributed by atoms with van der Waals surface area (Å²) >= 11 is 0. The molecule has 2 saturated heterocycles. The number of aromatic nitrogens is 2. The maximum atomic E-state index is 10.6. The van der Waals surface area contributed by atoms with Crippen LogP contribution < -0.4 is 28.9 Å². The first-order valence-electron chi connectivity index (χ1n) is 6.76. The number of carboxylic acids is 1. The van der Waals surface area contributed by atoms with Crippen LogP contribution in [-0.2, 0) is 0 Å². The molecule has 1 aromatic rings. The number of anilines is 1. The van der Waals surface area contributed by atoms with Crippen LogP contribution in [-0.4, -0.2) is 53.1 Å². The average molecular weight is 268 g/mol. The smallest absolute Gasteiger partial charge is 0.543 e. The van der Waals surface area contributed by atoms with Crippen molar-refractivity contribution in [2.75, 3.05) is 31.1 Å². The molecule has 2 aliphatic rings. The summed E-state index contributed by atoms with van der Waals surface area (Å²) in [5.41, 5.74) is -0.112. The Morgan fingerprint density at radius 2 is 1.95 bits per heavy atom. The molecule has 20 heavy (non-hydrogen) atoms. The minimum Gasteiger partial charge on any atom is -0.543 e. The summed E-state index contributed by atoms with van der Waals surface area (Å²) in [4.78, 5) is 23.4. The van der Waals surface area contributed by atoms with Gasteiger partial charge in [-0.15, -0.1) is 0 Å². The van der Waals surface area contributed by atoms with Crippen molar-refractivity contribution < 1.29 is 28.8 Å². The summed E-state index contributed by atoms with van der Waals surface area (Å²) in [6.07, 6.45) is 6.54. The molecule has 0 saturated carbocycles. The summed E-state index contributed by atoms with van der Waals surface area (Å²) in [7, 11) is 0. The van der Waals surface area contributed by atoms with Gasteiger partial charge in [0, 0.05) is 19.1 Å². The Morgan fingerprint density at radius 3 is 2.55 bits per heavy atom. The zero-order valence-corrected chi connectivity index (χ0v) is 11.8. The summed E-state index contributed by atoms with van der Waals surface area (Å²) < 4.78 is 0. The van der Waals surface area contributed by atoms with Crippen molar-refractivity contribution in [3.05, 3.63) is 18.1 Å². The first kappa shape index (κ1) is 15.3. The van der Waals surface area contributed by atoms with Gasteiger partial charge in [-0.3, -0.25) is 4.90 Å². The first-order chi connectivity index (χ1) is 9.24. The van der Waals surface area contributed by atoms with Gasteiger partial charge in [0.25, 0.3) is 0 Å². The third kappa shape index (κ3) is 3.14. The van der Waals surface area contributed by atoms with Crippen LogP contribution in [0.1, 0.15) is 29.8 Å². The molecular weight excluding hydrogens is 251 g/mol. The molecule has 0 radical (unpaired) electrons. The van der Waals surface area contributed by atoms with E-state index in [4.69, 9.17) is 0 Å². The number of carbonyl (C=O) groups is 1. The van der Waals surface area contributed by atoms with Gasteiger partial charge in [0.1, 0.15) is 11.5 Å². The van der Waals surface area contributed by atoms with E-state index in [2.05, 4.69) is 19.8 Å². The number of carboxylic acid groups (broad SMARTS) is 1. The predicted octanol–water partition coefficient (Wildman–Crippen LogP) is -3.48. The van der Waals surface area contributed by atoms with Crippen LogP contribution >= 0.6 is 0 Å². The SMILES string of the molecule is O=C([O-])c1cnc(N2CC[C@H](N3CCCC3)C2)cn1.[Li+]. The monoisotopic (exact) mass is 268 g/mol. The fourth-order valence-electron chi connectivity index (χ4n) is 2.94. The number of nitrogens with zero attached hydrogens (tertiary/aromatic N) is 4. The van der Waals surface area contributed by atoms with E-state index in [0.717, 1.165) is 25.3 Å². The van der Waals surface area contributed by atoms with Gasteiger partial charge in [-0.25, -0.2) is 9.97 Å². The molecule has 0 aromatic carbocycles. The number of carbonyl (C=O) groups excluding carboxylic acids is 1. The molecular formula is C13H17LiN4O2. The van der Waals surface area contributed by atoms with Crippen LogP contribution in [0.5, 0.6) is 0 Å². The molecule has 1 atom stereocenters. The molecule has 0 unspecified atom stereocenters. The van der Waals surface area contributed by atoms with Crippen molar-refractivity contribution in [2.45, 2.75) is 25.3 Å². The molecule has 0 aliphatic carbocycles. The fourth-order valence-corrected chi connectivity index (χ4v) is 2.94. The Kier molecular flexibility index (Phi) is 5.03. The first-order valence-corrected chi connectivity index (χ1v) is 6.76. The molecule has 3 rings (SSSR count). The van der Waals surface area contributed by atoms with Crippen molar-refractivity contribution in [3.63, 3.8) is 0 Å². The molecule has 0 amide bonds. The number of hydrogen-bond acceptors (Lipinski definition) is 6. The molecule has 1 aromatic heterocycles. The topological polar surface area (TPSA) is 72.4 Å². The van der Waals surface area contributed by atoms with Crippen LogP contribution in [0.15, 0.2) is 12.4 Å². The van der Waals surface area contributed by atoms with Gasteiger partial charge in [0.05, 0.1) is 18.4 Å². The van der Waals surface area contributed by atoms with E-state index in [1.807, 2.05) is 0 Å². The molecule has 3 heterocycles. The van der Waals surface area contributed by atoms with Crippen molar-refractivity contribution in [2.24, 2.45) is 0 Å². The zero-order valence-electron chi connectivity index (χ0n) is 11.8. The van der Waals surface area contributed by atoms with Crippen LogP contribution in [0.2, 0.25) is 0 Å². The fraction of sp³-hybridized carbons (Fsp3) is 0.615. The molecule has 2 aliphatic heterocycles. The average Bonchev–Trinajstić information content (AvgIpc) is 3.10. The number of likely N-dealkylation sites (tertiary alicyclic amines) is 1. The zero-order chi connectivity index (χ0) is 13.2. The van der Waals surface area contributed by atoms with E-state index in [1.54, 1.807) is 0 Å². The minimum absolute atomic E-state index is 0. The number of aromatic carboxylic acids is 1. The Bertz CT molecular complexity index is 462. The van der Waals surface area contributed by atoms with Gasteiger partial charge < -0.3 is 14.8 Å². The van der Waals surface area contributed by atoms with E-state index in [9.17, 15) is 9.90 Å². The summed E-state index contributed by atoms with van der Waals surface area (Å²) in [5.74, 6) is -0.526. The molecule has 7 heteroatoms. The summed E-state index contributed by atoms with van der Waals surface area (Å²) in [6.45, 7) is 4.32. The summed E-state index contributed by atoms with van der Waals surface area (Å²) in [5, 5.41) is 10.6. The predicted molar refractivity (Wildman–Crippen MR) is 67.8 cm³/mol. The third-order valence-corrected chi connectivity index (χ3v) is 3.99. The van der Waals surface area contributed by atoms with Crippen molar-refractivity contribution in [3.8, 4) is 0 Å². The van der Waals surface area contributed by atoms with E-state index in [-0.39, 0.29) is 24.6 Å². The normalized spacial score (nSPS) is 22.8. The second kappa shape index (κ2) is 6.57. The van der Waals surface area contributed by atoms with Gasteiger partial charge in [0.15, 0.2) is 0 Å². The minimum atomic E-state index is -1.28. The Balaban J connectivity index is 0.00000147. The van der Waals surface area contributed by atoms with Gasteiger partial charge >= 0.3 is 18.9 Å². The maximum Gasteiger partial charge on any atom is 1.00 e. The van der Waals surface area contributed by atoms with Crippen LogP contribution in [0.4, 0.5) is 5.82 Å². The molecule has 0 spiro atoms. The van der Waals surface area contributed by atoms with Gasteiger partial charge in [0.2, 0.25) is 0 Å². The van der Waals surface area contributed by atoms with Crippen LogP contribution in [0.25, 0.3) is 0 Å². The van der Waals surface area contributed by atoms with Gasteiger partial charge in [-0.1, -0.05) is 0 Å². The molecule has 102 valence electrons. The second-order valence-electron chi connectivity index (χ2n) is 5.18. The summed E-state index contributed by atoms with van der Waals surface area (Å²) in [6, 6.07) is 0.602. The molecule has 6 nitrogen and oxygen atoms in total. The van der Waals surface area contributed by atoms with Crippen molar-refractivity contribution >= 4 is 11.8 Å². The maximum absolute atomic E-state index is 10.6. The van der Waals surface area contributed by atoms with E-state index >= 15 is 0 Å². The second-order valence-corrected chi connectivity index (χ2v) is 5.18. The number of hydrogen-bond donors (Lipinski definition) is 0. The largest absolute Gasteiger partial charge is 1.00 e. The molecule has 0 N–H and O–H groups in total. The molecule has 2 fully saturated rings. The van der Waals surface area contributed by atoms with Crippen molar-refractivity contribution in [1.29, 1.82) is 0 Å². The quantitative estimate of drug-likeness (QED) is 0.530. The van der Waals surface area contributed by atoms with Crippen molar-refractivity contribution in [1.82, 2.24) is 14.9 Å². The Hall–Kier alpha value is -1.09. The van der Waals surface area contributed by atoms with E-state index in [0.29, 0.717) is 6.04 Å². The van der Waals surface area contributed by atoms with E-state index < -0.39 is 5.97 Å². The Morgan fingerprint density at radius 1 is 1.20 bits per heavy atom. The van der Waals surface area contributed by atoms with Gasteiger partial charge in [-0.05, 0) is 32.4 Å².